The molecular formula is C31H33ClF3N3O2. The Bertz CT molecular complexity index is 1310. The van der Waals surface area contributed by atoms with Crippen LogP contribution in [0.15, 0.2) is 85.2 Å². The number of nitrogens with zero attached hydrogens (tertiary/aromatic N) is 3. The lowest BCUT2D eigenvalue weighted by atomic mass is 10.0. The monoisotopic (exact) mass is 571 g/mol. The molecule has 40 heavy (non-hydrogen) atoms. The molecule has 5 rings (SSSR count). The number of hydrogen-bond donors (Lipinski definition) is 0. The molecule has 2 heterocycles. The van der Waals surface area contributed by atoms with Crippen LogP contribution in [-0.4, -0.2) is 54.7 Å². The Morgan fingerprint density at radius 3 is 2.15 bits per heavy atom. The predicted molar refractivity (Wildman–Crippen MR) is 152 cm³/mol. The van der Waals surface area contributed by atoms with Gasteiger partial charge in [0.2, 0.25) is 0 Å². The summed E-state index contributed by atoms with van der Waals surface area (Å²) in [7, 11) is 0. The third kappa shape index (κ3) is 6.57. The maximum atomic E-state index is 13.6. The molecule has 0 radical (unpaired) electrons. The Morgan fingerprint density at radius 2 is 1.52 bits per heavy atom. The molecule has 0 amide bonds. The van der Waals surface area contributed by atoms with Gasteiger partial charge in [-0.1, -0.05) is 30.3 Å². The van der Waals surface area contributed by atoms with Crippen LogP contribution in [0, 0.1) is 0 Å². The third-order valence-corrected chi connectivity index (χ3v) is 7.54. The van der Waals surface area contributed by atoms with Gasteiger partial charge < -0.3 is 19.3 Å². The van der Waals surface area contributed by atoms with Crippen LogP contribution in [0.25, 0.3) is 0 Å². The van der Waals surface area contributed by atoms with Gasteiger partial charge in [0.15, 0.2) is 0 Å². The minimum absolute atomic E-state index is 0.161. The number of halogens is 4. The summed E-state index contributed by atoms with van der Waals surface area (Å²) in [6, 6.07) is 19.9. The van der Waals surface area contributed by atoms with Gasteiger partial charge in [-0.2, -0.15) is 13.2 Å². The zero-order valence-electron chi connectivity index (χ0n) is 22.6. The second-order valence-electron chi connectivity index (χ2n) is 10.4. The minimum Gasteiger partial charge on any atom is -0.457 e. The summed E-state index contributed by atoms with van der Waals surface area (Å²) >= 11 is 5.97. The van der Waals surface area contributed by atoms with Gasteiger partial charge in [-0.15, -0.1) is 0 Å². The molecule has 0 bridgehead atoms. The van der Waals surface area contributed by atoms with E-state index in [1.54, 1.807) is 30.3 Å². The Labute approximate surface area is 238 Å². The van der Waals surface area contributed by atoms with Crippen molar-refractivity contribution in [2.75, 3.05) is 37.6 Å². The van der Waals surface area contributed by atoms with Gasteiger partial charge in [0.1, 0.15) is 17.3 Å². The van der Waals surface area contributed by atoms with E-state index in [9.17, 15) is 13.2 Å². The molecule has 0 saturated carbocycles. The highest BCUT2D eigenvalue weighted by Gasteiger charge is 2.37. The van der Waals surface area contributed by atoms with Crippen molar-refractivity contribution in [3.05, 3.63) is 101 Å². The molecule has 2 aliphatic heterocycles. The van der Waals surface area contributed by atoms with E-state index in [0.717, 1.165) is 37.2 Å². The number of rotatable bonds is 7. The largest absolute Gasteiger partial charge is 0.457 e. The molecular weight excluding hydrogens is 539 g/mol. The number of anilines is 1. The zero-order valence-corrected chi connectivity index (χ0v) is 23.3. The van der Waals surface area contributed by atoms with Gasteiger partial charge in [0.25, 0.3) is 0 Å². The van der Waals surface area contributed by atoms with Crippen LogP contribution < -0.4 is 9.64 Å². The first-order chi connectivity index (χ1) is 19.1. The maximum absolute atomic E-state index is 13.6. The average molecular weight is 572 g/mol. The number of alkyl halides is 3. The van der Waals surface area contributed by atoms with Gasteiger partial charge in [-0.3, -0.25) is 4.90 Å². The SMILES string of the molecule is C=C1N(CCN2CC(C)OC(C)C2)CC(c2cccc(C(F)(F)F)c2)N1c1ccc(Oc2ccc(Cl)cc2)cc1. The zero-order chi connectivity index (χ0) is 28.4. The van der Waals surface area contributed by atoms with Crippen LogP contribution in [0.4, 0.5) is 18.9 Å². The molecule has 3 aromatic carbocycles. The minimum atomic E-state index is -4.42. The summed E-state index contributed by atoms with van der Waals surface area (Å²) in [6.07, 6.45) is -4.09. The van der Waals surface area contributed by atoms with E-state index >= 15 is 0 Å². The molecule has 9 heteroatoms. The van der Waals surface area contributed by atoms with Crippen molar-refractivity contribution in [2.45, 2.75) is 38.3 Å². The van der Waals surface area contributed by atoms with E-state index in [2.05, 4.69) is 30.2 Å². The number of benzene rings is 3. The van der Waals surface area contributed by atoms with Gasteiger partial charge in [-0.25, -0.2) is 0 Å². The topological polar surface area (TPSA) is 28.2 Å². The molecule has 3 aromatic rings. The lowest BCUT2D eigenvalue weighted by molar-refractivity contribution is -0.137. The average Bonchev–Trinajstić information content (AvgIpc) is 3.24. The highest BCUT2D eigenvalue weighted by molar-refractivity contribution is 6.30. The smallest absolute Gasteiger partial charge is 0.416 e. The Hall–Kier alpha value is -3.20. The van der Waals surface area contributed by atoms with Crippen molar-refractivity contribution in [2.24, 2.45) is 0 Å². The van der Waals surface area contributed by atoms with E-state index in [1.807, 2.05) is 29.2 Å². The Balaban J connectivity index is 1.38. The molecule has 2 aliphatic rings. The van der Waals surface area contributed by atoms with Crippen LogP contribution in [0.3, 0.4) is 0 Å². The second kappa shape index (κ2) is 11.7. The number of morpholine rings is 1. The molecule has 3 unspecified atom stereocenters. The van der Waals surface area contributed by atoms with Crippen molar-refractivity contribution in [1.29, 1.82) is 0 Å². The first-order valence-corrected chi connectivity index (χ1v) is 13.8. The molecule has 2 fully saturated rings. The Morgan fingerprint density at radius 1 is 0.900 bits per heavy atom. The molecule has 2 saturated heterocycles. The fraction of sp³-hybridized carbons (Fsp3) is 0.355. The maximum Gasteiger partial charge on any atom is 0.416 e. The number of ether oxygens (including phenoxy) is 2. The van der Waals surface area contributed by atoms with Crippen LogP contribution in [0.2, 0.25) is 5.02 Å². The summed E-state index contributed by atoms with van der Waals surface area (Å²) in [6.45, 7) is 12.3. The van der Waals surface area contributed by atoms with Gasteiger partial charge in [-0.05, 0) is 80.1 Å². The lowest BCUT2D eigenvalue weighted by Crippen LogP contribution is -2.47. The van der Waals surface area contributed by atoms with E-state index in [0.29, 0.717) is 35.2 Å². The molecule has 0 spiro atoms. The van der Waals surface area contributed by atoms with Crippen molar-refractivity contribution in [3.8, 4) is 11.5 Å². The van der Waals surface area contributed by atoms with Crippen molar-refractivity contribution < 1.29 is 22.6 Å². The van der Waals surface area contributed by atoms with Crippen LogP contribution in [0.5, 0.6) is 11.5 Å². The molecule has 0 aliphatic carbocycles. The predicted octanol–water partition coefficient (Wildman–Crippen LogP) is 7.59. The highest BCUT2D eigenvalue weighted by Crippen LogP contribution is 2.41. The summed E-state index contributed by atoms with van der Waals surface area (Å²) in [5, 5.41) is 0.623. The van der Waals surface area contributed by atoms with E-state index in [1.165, 1.54) is 12.1 Å². The first kappa shape index (κ1) is 28.3. The third-order valence-electron chi connectivity index (χ3n) is 7.29. The molecule has 212 valence electrons. The van der Waals surface area contributed by atoms with E-state index in [-0.39, 0.29) is 18.2 Å². The summed E-state index contributed by atoms with van der Waals surface area (Å²) in [5.74, 6) is 2.05. The fourth-order valence-corrected chi connectivity index (χ4v) is 5.62. The normalized spacial score (nSPS) is 22.1. The highest BCUT2D eigenvalue weighted by atomic mass is 35.5. The van der Waals surface area contributed by atoms with Crippen molar-refractivity contribution in [1.82, 2.24) is 9.80 Å². The fourth-order valence-electron chi connectivity index (χ4n) is 5.50. The van der Waals surface area contributed by atoms with Crippen LogP contribution >= 0.6 is 11.6 Å². The quantitative estimate of drug-likeness (QED) is 0.291. The van der Waals surface area contributed by atoms with E-state index < -0.39 is 11.7 Å². The van der Waals surface area contributed by atoms with Crippen LogP contribution in [-0.2, 0) is 10.9 Å². The molecule has 0 aromatic heterocycles. The van der Waals surface area contributed by atoms with Crippen LogP contribution in [0.1, 0.15) is 31.0 Å². The standard InChI is InChI=1S/C31H33ClF3N3O2/c1-21-18-36(19-22(2)39-21)15-16-37-20-30(24-5-4-6-25(17-24)31(33,34)35)38(23(37)3)27-9-13-29(14-10-27)40-28-11-7-26(32)8-12-28/h4-14,17,21-22,30H,3,15-16,18-20H2,1-2H3. The molecule has 0 N–H and O–H groups in total. The second-order valence-corrected chi connectivity index (χ2v) is 10.9. The molecule has 3 atom stereocenters. The van der Waals surface area contributed by atoms with Crippen molar-refractivity contribution in [3.63, 3.8) is 0 Å². The lowest BCUT2D eigenvalue weighted by Gasteiger charge is -2.36. The van der Waals surface area contributed by atoms with Gasteiger partial charge in [0.05, 0.1) is 23.8 Å². The van der Waals surface area contributed by atoms with Gasteiger partial charge in [0, 0.05) is 43.4 Å². The summed E-state index contributed by atoms with van der Waals surface area (Å²) < 4.78 is 52.6. The number of hydrogen-bond acceptors (Lipinski definition) is 5. The Kier molecular flexibility index (Phi) is 8.31. The first-order valence-electron chi connectivity index (χ1n) is 13.4. The summed E-state index contributed by atoms with van der Waals surface area (Å²) in [4.78, 5) is 6.55. The van der Waals surface area contributed by atoms with Crippen molar-refractivity contribution >= 4 is 17.3 Å². The van der Waals surface area contributed by atoms with E-state index in [4.69, 9.17) is 21.1 Å². The molecule has 5 nitrogen and oxygen atoms in total. The van der Waals surface area contributed by atoms with Gasteiger partial charge >= 0.3 is 6.18 Å². The summed E-state index contributed by atoms with van der Waals surface area (Å²) in [5.41, 5.74) is 0.762.